The molecular formula is C6H10O2S. The Labute approximate surface area is 58.6 Å². The highest BCUT2D eigenvalue weighted by Gasteiger charge is 2.26. The molecular weight excluding hydrogens is 136 g/mol. The molecule has 2 unspecified atom stereocenters. The number of rotatable bonds is 1. The van der Waals surface area contributed by atoms with Crippen LogP contribution < -0.4 is 0 Å². The summed E-state index contributed by atoms with van der Waals surface area (Å²) < 4.78 is 0. The third kappa shape index (κ3) is 1.28. The fraction of sp³-hybridized carbons (Fsp3) is 0.667. The summed E-state index contributed by atoms with van der Waals surface area (Å²) in [6.07, 6.45) is -0.396. The second-order valence-corrected chi connectivity index (χ2v) is 3.33. The van der Waals surface area contributed by atoms with Crippen LogP contribution in [0.3, 0.4) is 0 Å². The molecule has 2 atom stereocenters. The molecule has 1 saturated heterocycles. The molecule has 0 aliphatic carbocycles. The van der Waals surface area contributed by atoms with Gasteiger partial charge in [0.1, 0.15) is 0 Å². The van der Waals surface area contributed by atoms with E-state index in [2.05, 4.69) is 6.58 Å². The normalized spacial score (nSPS) is 35.6. The van der Waals surface area contributed by atoms with E-state index in [0.717, 1.165) is 5.57 Å². The van der Waals surface area contributed by atoms with Crippen LogP contribution in [0.4, 0.5) is 0 Å². The molecule has 1 rings (SSSR count). The van der Waals surface area contributed by atoms with E-state index < -0.39 is 6.10 Å². The Morgan fingerprint density at radius 2 is 2.44 bits per heavy atom. The Hall–Kier alpha value is 0.01000. The molecule has 9 heavy (non-hydrogen) atoms. The van der Waals surface area contributed by atoms with E-state index in [-0.39, 0.29) is 11.9 Å². The first-order valence-corrected chi connectivity index (χ1v) is 3.89. The molecule has 0 aromatic heterocycles. The molecule has 1 fully saturated rings. The first kappa shape index (κ1) is 7.12. The van der Waals surface area contributed by atoms with E-state index in [4.69, 9.17) is 10.2 Å². The van der Waals surface area contributed by atoms with Gasteiger partial charge in [-0.25, -0.2) is 0 Å². The highest BCUT2D eigenvalue weighted by Crippen LogP contribution is 2.29. The maximum Gasteiger partial charge on any atom is 0.0849 e. The third-order valence-corrected chi connectivity index (χ3v) is 2.83. The fourth-order valence-electron chi connectivity index (χ4n) is 0.806. The van der Waals surface area contributed by atoms with Gasteiger partial charge in [0.25, 0.3) is 0 Å². The molecule has 2 nitrogen and oxygen atoms in total. The van der Waals surface area contributed by atoms with Crippen molar-refractivity contribution in [3.05, 3.63) is 12.2 Å². The number of aliphatic hydroxyl groups excluding tert-OH is 2. The first-order valence-electron chi connectivity index (χ1n) is 2.85. The minimum atomic E-state index is -0.396. The maximum atomic E-state index is 9.07. The van der Waals surface area contributed by atoms with E-state index in [1.807, 2.05) is 0 Å². The van der Waals surface area contributed by atoms with Crippen molar-refractivity contribution < 1.29 is 10.2 Å². The zero-order valence-corrected chi connectivity index (χ0v) is 5.90. The summed E-state index contributed by atoms with van der Waals surface area (Å²) >= 11 is 1.56. The topological polar surface area (TPSA) is 40.5 Å². The van der Waals surface area contributed by atoms with Gasteiger partial charge in [-0.15, -0.1) is 11.8 Å². The molecule has 2 N–H and O–H groups in total. The smallest absolute Gasteiger partial charge is 0.0849 e. The summed E-state index contributed by atoms with van der Waals surface area (Å²) in [5.74, 6) is 0.685. The number of hydrogen-bond donors (Lipinski definition) is 2. The van der Waals surface area contributed by atoms with Crippen LogP contribution in [0.1, 0.15) is 0 Å². The van der Waals surface area contributed by atoms with E-state index in [0.29, 0.717) is 5.75 Å². The molecule has 0 aromatic carbocycles. The van der Waals surface area contributed by atoms with E-state index >= 15 is 0 Å². The minimum Gasteiger partial charge on any atom is -0.395 e. The summed E-state index contributed by atoms with van der Waals surface area (Å²) in [7, 11) is 0. The van der Waals surface area contributed by atoms with Gasteiger partial charge in [0.2, 0.25) is 0 Å². The van der Waals surface area contributed by atoms with Gasteiger partial charge in [0.15, 0.2) is 0 Å². The van der Waals surface area contributed by atoms with Crippen LogP contribution in [0, 0.1) is 0 Å². The molecule has 0 amide bonds. The lowest BCUT2D eigenvalue weighted by Gasteiger charge is -2.05. The molecule has 3 heteroatoms. The van der Waals surface area contributed by atoms with E-state index in [1.54, 1.807) is 11.8 Å². The first-order chi connectivity index (χ1) is 4.25. The van der Waals surface area contributed by atoms with Gasteiger partial charge < -0.3 is 10.2 Å². The van der Waals surface area contributed by atoms with Crippen LogP contribution in [0.15, 0.2) is 12.2 Å². The van der Waals surface area contributed by atoms with E-state index in [1.165, 1.54) is 0 Å². The Bertz CT molecular complexity index is 124. The van der Waals surface area contributed by atoms with Gasteiger partial charge in [0, 0.05) is 5.75 Å². The average molecular weight is 146 g/mol. The van der Waals surface area contributed by atoms with Crippen molar-refractivity contribution in [1.29, 1.82) is 0 Å². The van der Waals surface area contributed by atoms with Gasteiger partial charge in [-0.1, -0.05) is 6.58 Å². The lowest BCUT2D eigenvalue weighted by Crippen LogP contribution is -2.12. The molecule has 0 bridgehead atoms. The van der Waals surface area contributed by atoms with Crippen molar-refractivity contribution in [3.8, 4) is 0 Å². The Kier molecular flexibility index (Phi) is 2.16. The third-order valence-electron chi connectivity index (χ3n) is 1.46. The average Bonchev–Trinajstić information content (AvgIpc) is 2.15. The summed E-state index contributed by atoms with van der Waals surface area (Å²) in [5, 5.41) is 17.8. The second-order valence-electron chi connectivity index (χ2n) is 2.10. The lowest BCUT2D eigenvalue weighted by molar-refractivity contribution is 0.230. The van der Waals surface area contributed by atoms with Crippen LogP contribution in [0.2, 0.25) is 0 Å². The monoisotopic (exact) mass is 146 g/mol. The van der Waals surface area contributed by atoms with Gasteiger partial charge >= 0.3 is 0 Å². The summed E-state index contributed by atoms with van der Waals surface area (Å²) in [6, 6.07) is 0. The van der Waals surface area contributed by atoms with Gasteiger partial charge in [-0.3, -0.25) is 0 Å². The highest BCUT2D eigenvalue weighted by atomic mass is 32.2. The van der Waals surface area contributed by atoms with Crippen molar-refractivity contribution in [2.75, 3.05) is 12.4 Å². The van der Waals surface area contributed by atoms with Crippen molar-refractivity contribution in [3.63, 3.8) is 0 Å². The Balaban J connectivity index is 2.51. The number of hydrogen-bond acceptors (Lipinski definition) is 3. The van der Waals surface area contributed by atoms with E-state index in [9.17, 15) is 0 Å². The zero-order chi connectivity index (χ0) is 6.85. The largest absolute Gasteiger partial charge is 0.395 e. The zero-order valence-electron chi connectivity index (χ0n) is 5.08. The van der Waals surface area contributed by atoms with Crippen molar-refractivity contribution in [2.24, 2.45) is 0 Å². The summed E-state index contributed by atoms with van der Waals surface area (Å²) in [4.78, 5) is 0. The standard InChI is InChI=1S/C6H10O2S/c1-4-5(8)3-9-6(4)2-7/h5-8H,1-3H2. The predicted molar refractivity (Wildman–Crippen MR) is 38.5 cm³/mol. The molecule has 1 aliphatic rings. The van der Waals surface area contributed by atoms with Crippen LogP contribution in [-0.4, -0.2) is 33.9 Å². The molecule has 52 valence electrons. The molecule has 0 aromatic rings. The van der Waals surface area contributed by atoms with Gasteiger partial charge in [0.05, 0.1) is 18.0 Å². The Morgan fingerprint density at radius 3 is 2.67 bits per heavy atom. The molecule has 1 aliphatic heterocycles. The summed E-state index contributed by atoms with van der Waals surface area (Å²) in [5.41, 5.74) is 0.766. The van der Waals surface area contributed by atoms with Crippen LogP contribution in [-0.2, 0) is 0 Å². The minimum absolute atomic E-state index is 0.0694. The van der Waals surface area contributed by atoms with Crippen molar-refractivity contribution >= 4 is 11.8 Å². The number of aliphatic hydroxyl groups is 2. The van der Waals surface area contributed by atoms with Crippen LogP contribution in [0.5, 0.6) is 0 Å². The van der Waals surface area contributed by atoms with Crippen molar-refractivity contribution in [1.82, 2.24) is 0 Å². The lowest BCUT2D eigenvalue weighted by atomic mass is 10.1. The van der Waals surface area contributed by atoms with Crippen LogP contribution in [0.25, 0.3) is 0 Å². The molecule has 0 saturated carbocycles. The van der Waals surface area contributed by atoms with Gasteiger partial charge in [-0.05, 0) is 5.57 Å². The molecule has 1 heterocycles. The maximum absolute atomic E-state index is 9.07. The van der Waals surface area contributed by atoms with Gasteiger partial charge in [-0.2, -0.15) is 0 Å². The van der Waals surface area contributed by atoms with Crippen LogP contribution >= 0.6 is 11.8 Å². The fourth-order valence-corrected chi connectivity index (χ4v) is 1.91. The van der Waals surface area contributed by atoms with Crippen molar-refractivity contribution in [2.45, 2.75) is 11.4 Å². The predicted octanol–water partition coefficient (Wildman–Crippen LogP) is 0.0112. The number of thioether (sulfide) groups is 1. The second kappa shape index (κ2) is 2.73. The summed E-state index contributed by atoms with van der Waals surface area (Å²) in [6.45, 7) is 3.75. The SMILES string of the molecule is C=C1C(O)CSC1CO. The Morgan fingerprint density at radius 1 is 1.78 bits per heavy atom. The molecule has 0 spiro atoms. The molecule has 0 radical (unpaired) electrons. The quantitative estimate of drug-likeness (QED) is 0.512. The highest BCUT2D eigenvalue weighted by molar-refractivity contribution is 8.00.